The number of nitrogens with zero attached hydrogens (tertiary/aromatic N) is 2. The van der Waals surface area contributed by atoms with Crippen molar-refractivity contribution in [2.24, 2.45) is 11.8 Å². The van der Waals surface area contributed by atoms with Crippen LogP contribution in [0.3, 0.4) is 0 Å². The van der Waals surface area contributed by atoms with Crippen LogP contribution in [-0.4, -0.2) is 75.0 Å². The van der Waals surface area contributed by atoms with Gasteiger partial charge < -0.3 is 10.1 Å². The average Bonchev–Trinajstić information content (AvgIpc) is 2.77. The number of benzene rings is 1. The van der Waals surface area contributed by atoms with E-state index in [1.165, 1.54) is 16.8 Å². The number of amides is 1. The maximum atomic E-state index is 13.3. The van der Waals surface area contributed by atoms with Crippen molar-refractivity contribution in [1.29, 1.82) is 0 Å². The largest absolute Gasteiger partial charge is 0.379 e. The Morgan fingerprint density at radius 1 is 1.16 bits per heavy atom. The van der Waals surface area contributed by atoms with Gasteiger partial charge in [-0.25, -0.2) is 8.42 Å². The van der Waals surface area contributed by atoms with Gasteiger partial charge in [-0.3, -0.25) is 9.69 Å². The monoisotopic (exact) mass is 465 g/mol. The summed E-state index contributed by atoms with van der Waals surface area (Å²) in [7, 11) is -3.67. The molecule has 0 bridgehead atoms. The highest BCUT2D eigenvalue weighted by molar-refractivity contribution is 7.89. The highest BCUT2D eigenvalue weighted by Gasteiger charge is 2.33. The Labute approximate surface area is 193 Å². The lowest BCUT2D eigenvalue weighted by atomic mass is 9.88. The molecule has 2 aliphatic heterocycles. The minimum Gasteiger partial charge on any atom is -0.379 e. The molecule has 0 unspecified atom stereocenters. The lowest BCUT2D eigenvalue weighted by molar-refractivity contribution is 0.0445. The molecule has 0 aromatic heterocycles. The van der Waals surface area contributed by atoms with Gasteiger partial charge in [0.05, 0.1) is 18.1 Å². The van der Waals surface area contributed by atoms with E-state index in [4.69, 9.17) is 4.74 Å². The molecule has 1 aromatic carbocycles. The Morgan fingerprint density at radius 3 is 2.38 bits per heavy atom. The van der Waals surface area contributed by atoms with Crippen molar-refractivity contribution < 1.29 is 17.9 Å². The van der Waals surface area contributed by atoms with Crippen LogP contribution in [0.4, 0.5) is 0 Å². The van der Waals surface area contributed by atoms with Crippen LogP contribution in [0.2, 0.25) is 0 Å². The Balaban J connectivity index is 1.75. The summed E-state index contributed by atoms with van der Waals surface area (Å²) in [4.78, 5) is 15.7. The second kappa shape index (κ2) is 10.2. The van der Waals surface area contributed by atoms with Gasteiger partial charge in [-0.2, -0.15) is 4.31 Å². The fraction of sp³-hybridized carbons (Fsp3) is 0.708. The van der Waals surface area contributed by atoms with Gasteiger partial charge in [0.1, 0.15) is 0 Å². The van der Waals surface area contributed by atoms with Crippen LogP contribution in [0.5, 0.6) is 0 Å². The van der Waals surface area contributed by atoms with E-state index in [1.807, 2.05) is 6.92 Å². The number of sulfonamides is 1. The minimum atomic E-state index is -3.67. The smallest absolute Gasteiger partial charge is 0.251 e. The van der Waals surface area contributed by atoms with Gasteiger partial charge in [0, 0.05) is 43.8 Å². The Morgan fingerprint density at radius 2 is 1.78 bits per heavy atom. The summed E-state index contributed by atoms with van der Waals surface area (Å²) >= 11 is 0. The highest BCUT2D eigenvalue weighted by atomic mass is 32.2. The number of likely N-dealkylation sites (tertiary alicyclic amines) is 1. The first-order valence-electron chi connectivity index (χ1n) is 11.8. The summed E-state index contributed by atoms with van der Waals surface area (Å²) in [5.74, 6) is 1.05. The van der Waals surface area contributed by atoms with E-state index in [2.05, 4.69) is 37.9 Å². The molecule has 0 radical (unpaired) electrons. The van der Waals surface area contributed by atoms with Gasteiger partial charge in [0.15, 0.2) is 0 Å². The quantitative estimate of drug-likeness (QED) is 0.670. The molecule has 0 saturated carbocycles. The van der Waals surface area contributed by atoms with Crippen LogP contribution in [0.1, 0.15) is 57.0 Å². The lowest BCUT2D eigenvalue weighted by Crippen LogP contribution is -2.56. The second-order valence-corrected chi connectivity index (χ2v) is 11.9. The molecule has 180 valence electrons. The third-order valence-electron chi connectivity index (χ3n) is 6.70. The molecule has 2 atom stereocenters. The maximum absolute atomic E-state index is 13.3. The predicted octanol–water partition coefficient (Wildman–Crippen LogP) is 2.76. The fourth-order valence-corrected chi connectivity index (χ4v) is 6.55. The number of hydrogen-bond acceptors (Lipinski definition) is 5. The highest BCUT2D eigenvalue weighted by Crippen LogP contribution is 2.27. The van der Waals surface area contributed by atoms with Crippen LogP contribution < -0.4 is 5.32 Å². The zero-order chi connectivity index (χ0) is 23.5. The summed E-state index contributed by atoms with van der Waals surface area (Å²) in [5.41, 5.74) is 0.930. The molecule has 3 rings (SSSR count). The van der Waals surface area contributed by atoms with E-state index < -0.39 is 10.0 Å². The standard InChI is InChI=1S/C24H39N3O4S/c1-6-20-7-8-21(14-22(20)32(29,30)27-9-11-31-12-10-27)23(28)25-17-24(4,5)26-15-18(2)13-19(3)16-26/h7-8,14,18-19H,6,9-13,15-17H2,1-5H3,(H,25,28)/t18-,19-/m0/s1. The molecule has 2 fully saturated rings. The number of rotatable bonds is 7. The number of nitrogens with one attached hydrogen (secondary N) is 1. The van der Waals surface area contributed by atoms with E-state index >= 15 is 0 Å². The summed E-state index contributed by atoms with van der Waals surface area (Å²) in [6.07, 6.45) is 1.82. The van der Waals surface area contributed by atoms with Gasteiger partial charge in [0.2, 0.25) is 10.0 Å². The first-order valence-corrected chi connectivity index (χ1v) is 13.2. The second-order valence-electron chi connectivity index (χ2n) is 10.0. The summed E-state index contributed by atoms with van der Waals surface area (Å²) in [5, 5.41) is 3.05. The molecule has 1 aromatic rings. The molecule has 0 aliphatic carbocycles. The summed E-state index contributed by atoms with van der Waals surface area (Å²) in [6.45, 7) is 14.8. The normalized spacial score (nSPS) is 23.8. The van der Waals surface area contributed by atoms with Gasteiger partial charge in [0.25, 0.3) is 5.91 Å². The topological polar surface area (TPSA) is 79.0 Å². The fourth-order valence-electron chi connectivity index (χ4n) is 4.82. The molecular formula is C24H39N3O4S. The molecule has 2 heterocycles. The van der Waals surface area contributed by atoms with Crippen molar-refractivity contribution in [2.45, 2.75) is 57.9 Å². The van der Waals surface area contributed by atoms with Gasteiger partial charge in [-0.05, 0) is 56.2 Å². The number of carbonyl (C=O) groups excluding carboxylic acids is 1. The number of morpholine rings is 1. The van der Waals surface area contributed by atoms with Crippen molar-refractivity contribution in [3.63, 3.8) is 0 Å². The van der Waals surface area contributed by atoms with Crippen LogP contribution >= 0.6 is 0 Å². The Bertz CT molecular complexity index is 900. The molecule has 32 heavy (non-hydrogen) atoms. The lowest BCUT2D eigenvalue weighted by Gasteiger charge is -2.45. The molecule has 2 aliphatic rings. The van der Waals surface area contributed by atoms with Crippen molar-refractivity contribution in [3.05, 3.63) is 29.3 Å². The average molecular weight is 466 g/mol. The molecule has 2 saturated heterocycles. The Hall–Kier alpha value is -1.48. The number of aryl methyl sites for hydroxylation is 1. The SMILES string of the molecule is CCc1ccc(C(=O)NCC(C)(C)N2C[C@@H](C)C[C@H](C)C2)cc1S(=O)(=O)N1CCOCC1. The van der Waals surface area contributed by atoms with Crippen LogP contribution in [0.25, 0.3) is 0 Å². The predicted molar refractivity (Wildman–Crippen MR) is 126 cm³/mol. The van der Waals surface area contributed by atoms with Crippen LogP contribution in [-0.2, 0) is 21.2 Å². The Kier molecular flexibility index (Phi) is 8.02. The van der Waals surface area contributed by atoms with Gasteiger partial charge in [-0.15, -0.1) is 0 Å². The first kappa shape index (κ1) is 25.1. The minimum absolute atomic E-state index is 0.176. The van der Waals surface area contributed by atoms with Gasteiger partial charge in [-0.1, -0.05) is 26.8 Å². The van der Waals surface area contributed by atoms with Crippen molar-refractivity contribution in [3.8, 4) is 0 Å². The van der Waals surface area contributed by atoms with E-state index in [-0.39, 0.29) is 16.3 Å². The molecule has 1 N–H and O–H groups in total. The number of carbonyl (C=O) groups is 1. The third kappa shape index (κ3) is 5.71. The molecule has 0 spiro atoms. The zero-order valence-corrected chi connectivity index (χ0v) is 21.0. The van der Waals surface area contributed by atoms with E-state index in [9.17, 15) is 13.2 Å². The van der Waals surface area contributed by atoms with E-state index in [0.717, 1.165) is 18.7 Å². The number of ether oxygens (including phenoxy) is 1. The maximum Gasteiger partial charge on any atom is 0.251 e. The first-order chi connectivity index (χ1) is 15.0. The summed E-state index contributed by atoms with van der Waals surface area (Å²) in [6, 6.07) is 5.03. The van der Waals surface area contributed by atoms with Crippen molar-refractivity contribution in [2.75, 3.05) is 45.9 Å². The molecule has 7 nitrogen and oxygen atoms in total. The number of hydrogen-bond donors (Lipinski definition) is 1. The number of piperidine rings is 1. The van der Waals surface area contributed by atoms with Crippen molar-refractivity contribution >= 4 is 15.9 Å². The van der Waals surface area contributed by atoms with Crippen LogP contribution in [0, 0.1) is 11.8 Å². The van der Waals surface area contributed by atoms with Crippen molar-refractivity contribution in [1.82, 2.24) is 14.5 Å². The van der Waals surface area contributed by atoms with E-state index in [0.29, 0.717) is 56.7 Å². The zero-order valence-electron chi connectivity index (χ0n) is 20.2. The third-order valence-corrected chi connectivity index (χ3v) is 8.69. The van der Waals surface area contributed by atoms with Gasteiger partial charge >= 0.3 is 0 Å². The summed E-state index contributed by atoms with van der Waals surface area (Å²) < 4.78 is 33.3. The van der Waals surface area contributed by atoms with E-state index in [1.54, 1.807) is 12.1 Å². The molecule has 8 heteroatoms. The van der Waals surface area contributed by atoms with Crippen LogP contribution in [0.15, 0.2) is 23.1 Å². The molecule has 1 amide bonds. The molecular weight excluding hydrogens is 426 g/mol.